The van der Waals surface area contributed by atoms with Gasteiger partial charge in [-0.15, -0.1) is 0 Å². The molecule has 2 aromatic rings. The quantitative estimate of drug-likeness (QED) is 0.458. The summed E-state index contributed by atoms with van der Waals surface area (Å²) in [5.74, 6) is 0.824. The molecule has 1 aromatic heterocycles. The zero-order chi connectivity index (χ0) is 21.5. The minimum absolute atomic E-state index is 0.321. The Hall–Kier alpha value is -2.86. The number of piperidine rings is 1. The van der Waals surface area contributed by atoms with Gasteiger partial charge in [-0.1, -0.05) is 24.8 Å². The van der Waals surface area contributed by atoms with Gasteiger partial charge in [0.1, 0.15) is 0 Å². The van der Waals surface area contributed by atoms with Crippen LogP contribution in [0.5, 0.6) is 0 Å². The Morgan fingerprint density at radius 1 is 1.40 bits per heavy atom. The number of fused-ring (bicyclic) bond motifs is 1. The average molecular weight is 427 g/mol. The first kappa shape index (κ1) is 21.8. The van der Waals surface area contributed by atoms with Gasteiger partial charge in [0.05, 0.1) is 12.4 Å². The van der Waals surface area contributed by atoms with Crippen LogP contribution in [0.4, 0.5) is 0 Å². The van der Waals surface area contributed by atoms with Gasteiger partial charge in [0.15, 0.2) is 0 Å². The molecule has 1 fully saturated rings. The minimum Gasteiger partial charge on any atom is -0.404 e. The van der Waals surface area contributed by atoms with Crippen molar-refractivity contribution >= 4 is 28.7 Å². The van der Waals surface area contributed by atoms with Crippen molar-refractivity contribution in [2.75, 3.05) is 20.1 Å². The lowest BCUT2D eigenvalue weighted by molar-refractivity contribution is 0.237. The van der Waals surface area contributed by atoms with E-state index in [-0.39, 0.29) is 0 Å². The van der Waals surface area contributed by atoms with Crippen molar-refractivity contribution in [2.24, 2.45) is 10.7 Å². The summed E-state index contributed by atoms with van der Waals surface area (Å²) >= 11 is 6.07. The highest BCUT2D eigenvalue weighted by atomic mass is 35.5. The molecule has 3 rings (SSSR count). The smallest absolute Gasteiger partial charge is 0.0918 e. The molecule has 1 aromatic carbocycles. The van der Waals surface area contributed by atoms with E-state index in [2.05, 4.69) is 44.7 Å². The van der Waals surface area contributed by atoms with E-state index in [0.717, 1.165) is 64.6 Å². The van der Waals surface area contributed by atoms with Crippen LogP contribution in [0.25, 0.3) is 10.9 Å². The van der Waals surface area contributed by atoms with Crippen LogP contribution in [-0.2, 0) is 6.54 Å². The number of hydrogen-bond acceptors (Lipinski definition) is 5. The Balaban J connectivity index is 1.49. The first-order valence-corrected chi connectivity index (χ1v) is 10.6. The number of rotatable bonds is 9. The molecule has 1 unspecified atom stereocenters. The molecular weight excluding hydrogens is 396 g/mol. The molecule has 7 heteroatoms. The molecule has 1 aliphatic heterocycles. The fraction of sp³-hybridized carbons (Fsp3) is 0.348. The Bertz CT molecular complexity index is 958. The van der Waals surface area contributed by atoms with Gasteiger partial charge < -0.3 is 26.3 Å². The van der Waals surface area contributed by atoms with E-state index in [1.807, 2.05) is 18.2 Å². The number of aromatic amines is 1. The average Bonchev–Trinajstić information content (AvgIpc) is 3.14. The fourth-order valence-electron chi connectivity index (χ4n) is 3.80. The number of likely N-dealkylation sites (tertiary alicyclic amines) is 1. The summed E-state index contributed by atoms with van der Waals surface area (Å²) in [6.45, 7) is 11.0. The Kier molecular flexibility index (Phi) is 7.46. The van der Waals surface area contributed by atoms with Gasteiger partial charge in [-0.2, -0.15) is 0 Å². The zero-order valence-corrected chi connectivity index (χ0v) is 18.3. The minimum atomic E-state index is 0.321. The Labute approximate surface area is 183 Å². The Morgan fingerprint density at radius 3 is 3.00 bits per heavy atom. The maximum Gasteiger partial charge on any atom is 0.0918 e. The van der Waals surface area contributed by atoms with Crippen LogP contribution in [0.2, 0.25) is 5.02 Å². The molecule has 0 saturated carbocycles. The summed E-state index contributed by atoms with van der Waals surface area (Å²) in [5, 5.41) is 8.74. The highest BCUT2D eigenvalue weighted by Crippen LogP contribution is 2.21. The number of benzene rings is 1. The number of nitrogens with two attached hydrogens (primary N) is 1. The number of hydrogen-bond donors (Lipinski definition) is 4. The van der Waals surface area contributed by atoms with E-state index in [4.69, 9.17) is 17.3 Å². The SMILES string of the molecule is C=C(NCc1cc2cc(Cl)ccc2[nH]1)NC1CCCN(C(=C)C/C(C=NC)=C/N)C1. The van der Waals surface area contributed by atoms with Crippen molar-refractivity contribution in [3.8, 4) is 0 Å². The summed E-state index contributed by atoms with van der Waals surface area (Å²) in [6, 6.07) is 8.28. The van der Waals surface area contributed by atoms with E-state index < -0.39 is 0 Å². The molecule has 30 heavy (non-hydrogen) atoms. The summed E-state index contributed by atoms with van der Waals surface area (Å²) in [7, 11) is 1.75. The largest absolute Gasteiger partial charge is 0.404 e. The van der Waals surface area contributed by atoms with E-state index in [9.17, 15) is 0 Å². The molecule has 6 nitrogen and oxygen atoms in total. The van der Waals surface area contributed by atoms with E-state index in [0.29, 0.717) is 19.0 Å². The molecule has 0 amide bonds. The van der Waals surface area contributed by atoms with Crippen LogP contribution >= 0.6 is 11.6 Å². The van der Waals surface area contributed by atoms with Gasteiger partial charge in [-0.3, -0.25) is 4.99 Å². The molecule has 0 spiro atoms. The first-order valence-electron chi connectivity index (χ1n) is 10.2. The van der Waals surface area contributed by atoms with Crippen LogP contribution in [0.1, 0.15) is 25.0 Å². The van der Waals surface area contributed by atoms with Crippen molar-refractivity contribution in [1.29, 1.82) is 0 Å². The molecule has 5 N–H and O–H groups in total. The van der Waals surface area contributed by atoms with Crippen LogP contribution in [0.15, 0.2) is 65.7 Å². The van der Waals surface area contributed by atoms with E-state index in [1.54, 1.807) is 19.5 Å². The molecule has 1 atom stereocenters. The van der Waals surface area contributed by atoms with Crippen molar-refractivity contribution in [1.82, 2.24) is 20.5 Å². The normalized spacial score (nSPS) is 17.5. The van der Waals surface area contributed by atoms with Gasteiger partial charge in [0.2, 0.25) is 0 Å². The molecule has 0 aliphatic carbocycles. The zero-order valence-electron chi connectivity index (χ0n) is 17.5. The lowest BCUT2D eigenvalue weighted by Crippen LogP contribution is -2.46. The van der Waals surface area contributed by atoms with Gasteiger partial charge in [0.25, 0.3) is 0 Å². The number of halogens is 1. The van der Waals surface area contributed by atoms with Gasteiger partial charge in [0, 0.05) is 66.1 Å². The maximum atomic E-state index is 6.07. The third-order valence-electron chi connectivity index (χ3n) is 5.29. The van der Waals surface area contributed by atoms with E-state index >= 15 is 0 Å². The lowest BCUT2D eigenvalue weighted by Gasteiger charge is -2.36. The summed E-state index contributed by atoms with van der Waals surface area (Å²) in [6.07, 6.45) is 6.31. The summed E-state index contributed by atoms with van der Waals surface area (Å²) in [5.41, 5.74) is 9.90. The number of aliphatic imine (C=N–C) groups is 1. The molecule has 1 saturated heterocycles. The van der Waals surface area contributed by atoms with Crippen molar-refractivity contribution in [3.05, 3.63) is 71.4 Å². The van der Waals surface area contributed by atoms with Crippen LogP contribution in [0.3, 0.4) is 0 Å². The molecule has 0 radical (unpaired) electrons. The Morgan fingerprint density at radius 2 is 2.23 bits per heavy atom. The molecule has 2 heterocycles. The number of nitrogens with one attached hydrogen (secondary N) is 3. The van der Waals surface area contributed by atoms with Crippen molar-refractivity contribution < 1.29 is 0 Å². The van der Waals surface area contributed by atoms with Crippen molar-refractivity contribution in [2.45, 2.75) is 31.8 Å². The number of nitrogens with zero attached hydrogens (tertiary/aromatic N) is 2. The second-order valence-electron chi connectivity index (χ2n) is 7.66. The third-order valence-corrected chi connectivity index (χ3v) is 5.53. The van der Waals surface area contributed by atoms with Crippen LogP contribution < -0.4 is 16.4 Å². The summed E-state index contributed by atoms with van der Waals surface area (Å²) < 4.78 is 0. The van der Waals surface area contributed by atoms with Gasteiger partial charge >= 0.3 is 0 Å². The van der Waals surface area contributed by atoms with Gasteiger partial charge in [-0.25, -0.2) is 0 Å². The van der Waals surface area contributed by atoms with Crippen molar-refractivity contribution in [3.63, 3.8) is 0 Å². The topological polar surface area (TPSA) is 81.5 Å². The monoisotopic (exact) mass is 426 g/mol. The second-order valence-corrected chi connectivity index (χ2v) is 8.10. The number of allylic oxidation sites excluding steroid dienone is 1. The first-order chi connectivity index (χ1) is 14.5. The predicted octanol–water partition coefficient (Wildman–Crippen LogP) is 3.88. The standard InChI is InChI=1S/C23H31ClN6/c1-16(9-18(12-25)13-26-3)30-8-4-5-21(15-30)28-17(2)27-14-22-11-19-10-20(24)6-7-23(19)29-22/h6-7,10-13,21,27-29H,1-2,4-5,8-9,14-15,25H2,3H3/b18-12-,26-13?. The van der Waals surface area contributed by atoms with E-state index in [1.165, 1.54) is 0 Å². The highest BCUT2D eigenvalue weighted by molar-refractivity contribution is 6.31. The predicted molar refractivity (Wildman–Crippen MR) is 127 cm³/mol. The fourth-order valence-corrected chi connectivity index (χ4v) is 3.98. The van der Waals surface area contributed by atoms with Gasteiger partial charge in [-0.05, 0) is 48.9 Å². The molecule has 0 bridgehead atoms. The van der Waals surface area contributed by atoms with Crippen LogP contribution in [-0.4, -0.2) is 42.3 Å². The summed E-state index contributed by atoms with van der Waals surface area (Å²) in [4.78, 5) is 9.77. The van der Waals surface area contributed by atoms with Crippen LogP contribution in [0, 0.1) is 0 Å². The third kappa shape index (κ3) is 5.83. The maximum absolute atomic E-state index is 6.07. The second kappa shape index (κ2) is 10.3. The number of H-pyrrole nitrogens is 1. The highest BCUT2D eigenvalue weighted by Gasteiger charge is 2.21. The number of aromatic nitrogens is 1. The molecule has 1 aliphatic rings. The molecular formula is C23H31ClN6. The lowest BCUT2D eigenvalue weighted by atomic mass is 10.0. The molecule has 160 valence electrons.